The molecule has 1 aliphatic rings. The standard InChI is InChI=1S/C15H22N4S2/c1-9-3-5-11(6-4-9)7-17-15-13(14(16)19-21-15)12-8-20-10(2)18-12/h8-9,11,17H,3-7H2,1-2H3,(H2,16,19). The molecule has 2 aromatic heterocycles. The number of thiazole rings is 1. The number of rotatable bonds is 4. The van der Waals surface area contributed by atoms with Gasteiger partial charge in [-0.25, -0.2) is 4.98 Å². The summed E-state index contributed by atoms with van der Waals surface area (Å²) in [4.78, 5) is 4.54. The maximum Gasteiger partial charge on any atom is 0.148 e. The molecule has 0 saturated heterocycles. The first-order valence-electron chi connectivity index (χ1n) is 7.55. The van der Waals surface area contributed by atoms with E-state index in [1.54, 1.807) is 11.3 Å². The highest BCUT2D eigenvalue weighted by molar-refractivity contribution is 7.11. The van der Waals surface area contributed by atoms with Crippen LogP contribution in [-0.4, -0.2) is 15.9 Å². The third-order valence-electron chi connectivity index (χ3n) is 4.28. The van der Waals surface area contributed by atoms with Gasteiger partial charge in [-0.3, -0.25) is 0 Å². The van der Waals surface area contributed by atoms with E-state index < -0.39 is 0 Å². The summed E-state index contributed by atoms with van der Waals surface area (Å²) in [5.74, 6) is 2.26. The molecule has 1 aliphatic carbocycles. The van der Waals surface area contributed by atoms with Crippen LogP contribution < -0.4 is 11.1 Å². The Labute approximate surface area is 134 Å². The molecule has 2 aromatic rings. The van der Waals surface area contributed by atoms with Gasteiger partial charge in [0, 0.05) is 11.9 Å². The molecule has 0 atom stereocenters. The third kappa shape index (κ3) is 3.37. The van der Waals surface area contributed by atoms with Crippen molar-refractivity contribution >= 4 is 33.7 Å². The summed E-state index contributed by atoms with van der Waals surface area (Å²) in [6.45, 7) is 5.39. The van der Waals surface area contributed by atoms with Crippen molar-refractivity contribution < 1.29 is 0 Å². The Morgan fingerprint density at radius 3 is 2.76 bits per heavy atom. The van der Waals surface area contributed by atoms with E-state index in [1.165, 1.54) is 37.2 Å². The van der Waals surface area contributed by atoms with E-state index in [9.17, 15) is 0 Å². The highest BCUT2D eigenvalue weighted by Crippen LogP contribution is 2.37. The average molecular weight is 323 g/mol. The molecule has 0 spiro atoms. The Bertz CT molecular complexity index is 597. The minimum atomic E-state index is 0.588. The molecule has 0 aliphatic heterocycles. The molecule has 0 aromatic carbocycles. The fourth-order valence-electron chi connectivity index (χ4n) is 2.92. The molecule has 114 valence electrons. The maximum atomic E-state index is 6.03. The van der Waals surface area contributed by atoms with E-state index in [1.807, 2.05) is 6.92 Å². The van der Waals surface area contributed by atoms with E-state index in [2.05, 4.69) is 27.0 Å². The van der Waals surface area contributed by atoms with Gasteiger partial charge in [-0.2, -0.15) is 4.37 Å². The summed E-state index contributed by atoms with van der Waals surface area (Å²) in [7, 11) is 0. The smallest absolute Gasteiger partial charge is 0.148 e. The number of nitrogen functional groups attached to an aromatic ring is 1. The molecule has 6 heteroatoms. The number of aromatic nitrogens is 2. The summed E-state index contributed by atoms with van der Waals surface area (Å²) in [6, 6.07) is 0. The Hall–Kier alpha value is -1.14. The minimum absolute atomic E-state index is 0.588. The summed E-state index contributed by atoms with van der Waals surface area (Å²) < 4.78 is 4.30. The fraction of sp³-hybridized carbons (Fsp3) is 0.600. The SMILES string of the molecule is Cc1nc(-c2c(N)nsc2NCC2CCC(C)CC2)cs1. The monoisotopic (exact) mass is 322 g/mol. The van der Waals surface area contributed by atoms with Crippen LogP contribution in [0.4, 0.5) is 10.8 Å². The van der Waals surface area contributed by atoms with E-state index in [0.29, 0.717) is 5.82 Å². The molecule has 3 rings (SSSR count). The van der Waals surface area contributed by atoms with Crippen LogP contribution in [0.25, 0.3) is 11.3 Å². The molecular formula is C15H22N4S2. The van der Waals surface area contributed by atoms with Crippen molar-refractivity contribution in [2.75, 3.05) is 17.6 Å². The summed E-state index contributed by atoms with van der Waals surface area (Å²) >= 11 is 3.10. The van der Waals surface area contributed by atoms with Crippen molar-refractivity contribution in [1.82, 2.24) is 9.36 Å². The van der Waals surface area contributed by atoms with Crippen LogP contribution >= 0.6 is 22.9 Å². The van der Waals surface area contributed by atoms with Crippen LogP contribution in [0, 0.1) is 18.8 Å². The molecule has 3 N–H and O–H groups in total. The highest BCUT2D eigenvalue weighted by Gasteiger charge is 2.20. The van der Waals surface area contributed by atoms with Gasteiger partial charge < -0.3 is 11.1 Å². The number of nitrogens with two attached hydrogens (primary N) is 1. The molecular weight excluding hydrogens is 300 g/mol. The Kier molecular flexibility index (Phi) is 4.45. The van der Waals surface area contributed by atoms with Crippen LogP contribution in [0.3, 0.4) is 0 Å². The van der Waals surface area contributed by atoms with Gasteiger partial charge in [-0.05, 0) is 43.1 Å². The van der Waals surface area contributed by atoms with Gasteiger partial charge in [0.05, 0.1) is 16.3 Å². The van der Waals surface area contributed by atoms with Crippen molar-refractivity contribution in [2.45, 2.75) is 39.5 Å². The second kappa shape index (κ2) is 6.32. The molecule has 1 saturated carbocycles. The zero-order valence-corrected chi connectivity index (χ0v) is 14.2. The first-order chi connectivity index (χ1) is 10.1. The highest BCUT2D eigenvalue weighted by atomic mass is 32.1. The number of hydrogen-bond donors (Lipinski definition) is 2. The Morgan fingerprint density at radius 2 is 2.10 bits per heavy atom. The number of aryl methyl sites for hydroxylation is 1. The zero-order chi connectivity index (χ0) is 14.8. The second-order valence-electron chi connectivity index (χ2n) is 6.03. The van der Waals surface area contributed by atoms with Crippen molar-refractivity contribution in [3.05, 3.63) is 10.4 Å². The minimum Gasteiger partial charge on any atom is -0.382 e. The summed E-state index contributed by atoms with van der Waals surface area (Å²) in [5, 5.41) is 7.75. The number of nitrogens with zero attached hydrogens (tertiary/aromatic N) is 2. The topological polar surface area (TPSA) is 63.8 Å². The number of anilines is 2. The lowest BCUT2D eigenvalue weighted by atomic mass is 9.83. The van der Waals surface area contributed by atoms with Crippen molar-refractivity contribution in [3.8, 4) is 11.3 Å². The average Bonchev–Trinajstić information content (AvgIpc) is 3.04. The summed E-state index contributed by atoms with van der Waals surface area (Å²) in [5.41, 5.74) is 7.96. The largest absolute Gasteiger partial charge is 0.382 e. The quantitative estimate of drug-likeness (QED) is 0.876. The lowest BCUT2D eigenvalue weighted by Crippen LogP contribution is -2.20. The molecule has 1 fully saturated rings. The van der Waals surface area contributed by atoms with E-state index in [4.69, 9.17) is 5.73 Å². The number of nitrogens with one attached hydrogen (secondary N) is 1. The Morgan fingerprint density at radius 1 is 1.33 bits per heavy atom. The van der Waals surface area contributed by atoms with Crippen molar-refractivity contribution in [2.24, 2.45) is 11.8 Å². The molecule has 2 heterocycles. The predicted octanol–water partition coefficient (Wildman–Crippen LogP) is 4.40. The molecule has 0 bridgehead atoms. The van der Waals surface area contributed by atoms with Crippen LogP contribution in [0.1, 0.15) is 37.6 Å². The molecule has 4 nitrogen and oxygen atoms in total. The van der Waals surface area contributed by atoms with Crippen molar-refractivity contribution in [3.63, 3.8) is 0 Å². The van der Waals surface area contributed by atoms with Crippen LogP contribution in [-0.2, 0) is 0 Å². The first kappa shape index (κ1) is 14.8. The lowest BCUT2D eigenvalue weighted by molar-refractivity contribution is 0.300. The van der Waals surface area contributed by atoms with Gasteiger partial charge in [0.2, 0.25) is 0 Å². The van der Waals surface area contributed by atoms with Gasteiger partial charge in [0.25, 0.3) is 0 Å². The van der Waals surface area contributed by atoms with Gasteiger partial charge >= 0.3 is 0 Å². The fourth-order valence-corrected chi connectivity index (χ4v) is 4.25. The van der Waals surface area contributed by atoms with Crippen LogP contribution in [0.5, 0.6) is 0 Å². The molecule has 0 radical (unpaired) electrons. The predicted molar refractivity (Wildman–Crippen MR) is 92.0 cm³/mol. The number of hydrogen-bond acceptors (Lipinski definition) is 6. The lowest BCUT2D eigenvalue weighted by Gasteiger charge is -2.26. The van der Waals surface area contributed by atoms with Crippen LogP contribution in [0.15, 0.2) is 5.38 Å². The maximum absolute atomic E-state index is 6.03. The van der Waals surface area contributed by atoms with Gasteiger partial charge in [0.1, 0.15) is 10.8 Å². The zero-order valence-electron chi connectivity index (χ0n) is 12.6. The van der Waals surface area contributed by atoms with Crippen molar-refractivity contribution in [1.29, 1.82) is 0 Å². The molecule has 0 unspecified atom stereocenters. The summed E-state index contributed by atoms with van der Waals surface area (Å²) in [6.07, 6.45) is 5.37. The third-order valence-corrected chi connectivity index (χ3v) is 5.87. The second-order valence-corrected chi connectivity index (χ2v) is 7.87. The van der Waals surface area contributed by atoms with E-state index >= 15 is 0 Å². The van der Waals surface area contributed by atoms with Gasteiger partial charge in [-0.15, -0.1) is 11.3 Å². The van der Waals surface area contributed by atoms with Crippen LogP contribution in [0.2, 0.25) is 0 Å². The molecule has 21 heavy (non-hydrogen) atoms. The van der Waals surface area contributed by atoms with E-state index in [-0.39, 0.29) is 0 Å². The Balaban J connectivity index is 1.69. The normalized spacial score (nSPS) is 22.4. The van der Waals surface area contributed by atoms with E-state index in [0.717, 1.165) is 39.6 Å². The molecule has 0 amide bonds. The van der Waals surface area contributed by atoms with Gasteiger partial charge in [-0.1, -0.05) is 19.8 Å². The first-order valence-corrected chi connectivity index (χ1v) is 9.20. The van der Waals surface area contributed by atoms with Gasteiger partial charge in [0.15, 0.2) is 0 Å².